The van der Waals surface area contributed by atoms with Crippen LogP contribution in [0.15, 0.2) is 79.1 Å². The monoisotopic (exact) mass is 550 g/mol. The smallest absolute Gasteiger partial charge is 0.417 e. The summed E-state index contributed by atoms with van der Waals surface area (Å²) in [6.45, 7) is 0.00621. The van der Waals surface area contributed by atoms with Crippen LogP contribution in [0, 0.1) is 5.82 Å². The third-order valence-electron chi connectivity index (χ3n) is 5.88. The van der Waals surface area contributed by atoms with Crippen molar-refractivity contribution in [2.45, 2.75) is 12.7 Å². The van der Waals surface area contributed by atoms with Crippen LogP contribution in [-0.2, 0) is 12.7 Å². The standard InChI is InChI=1S/C27H18F4N6O3/c28-21-13-20(27(29,30)31)18(23-32-9-4-10-33-23)12-19(21)25(38)35-24-17-8-7-15(14-34-26(39)40)11-22(17)36-37(24)16-5-2-1-3-6-16/h1-13,34H,14H2,(H,35,38)(H,39,40). The van der Waals surface area contributed by atoms with Gasteiger partial charge >= 0.3 is 12.3 Å². The summed E-state index contributed by atoms with van der Waals surface area (Å²) in [5, 5.41) is 18.7. The Kier molecular flexibility index (Phi) is 6.86. The van der Waals surface area contributed by atoms with Crippen LogP contribution in [0.3, 0.4) is 0 Å². The van der Waals surface area contributed by atoms with Crippen molar-refractivity contribution in [2.24, 2.45) is 0 Å². The van der Waals surface area contributed by atoms with Crippen molar-refractivity contribution in [1.29, 1.82) is 0 Å². The molecule has 0 unspecified atom stereocenters. The number of rotatable bonds is 6. The quantitative estimate of drug-likeness (QED) is 0.235. The number of anilines is 1. The zero-order valence-corrected chi connectivity index (χ0v) is 20.3. The molecule has 2 aromatic heterocycles. The van der Waals surface area contributed by atoms with Crippen molar-refractivity contribution in [3.05, 3.63) is 102 Å². The molecule has 40 heavy (non-hydrogen) atoms. The average Bonchev–Trinajstić information content (AvgIpc) is 3.29. The zero-order valence-electron chi connectivity index (χ0n) is 20.3. The van der Waals surface area contributed by atoms with Crippen molar-refractivity contribution in [3.63, 3.8) is 0 Å². The number of carboxylic acid groups (broad SMARTS) is 1. The van der Waals surface area contributed by atoms with E-state index in [2.05, 4.69) is 25.7 Å². The summed E-state index contributed by atoms with van der Waals surface area (Å²) in [5.74, 6) is -2.62. The van der Waals surface area contributed by atoms with E-state index < -0.39 is 40.7 Å². The molecule has 0 saturated carbocycles. The second kappa shape index (κ2) is 10.4. The summed E-state index contributed by atoms with van der Waals surface area (Å²) < 4.78 is 57.6. The maximum atomic E-state index is 15.0. The first-order valence-corrected chi connectivity index (χ1v) is 11.6. The van der Waals surface area contributed by atoms with Gasteiger partial charge in [-0.2, -0.15) is 18.3 Å². The van der Waals surface area contributed by atoms with Crippen LogP contribution >= 0.6 is 0 Å². The Labute approximate surface area is 223 Å². The molecule has 5 rings (SSSR count). The Bertz CT molecular complexity index is 1720. The van der Waals surface area contributed by atoms with Gasteiger partial charge in [-0.25, -0.2) is 23.8 Å². The van der Waals surface area contributed by atoms with Gasteiger partial charge in [0, 0.05) is 29.9 Å². The van der Waals surface area contributed by atoms with Crippen molar-refractivity contribution in [3.8, 4) is 17.1 Å². The number of nitrogens with zero attached hydrogens (tertiary/aromatic N) is 4. The van der Waals surface area contributed by atoms with Crippen molar-refractivity contribution in [2.75, 3.05) is 5.32 Å². The summed E-state index contributed by atoms with van der Waals surface area (Å²) in [6, 6.07) is 15.9. The molecule has 202 valence electrons. The SMILES string of the molecule is O=C(O)NCc1ccc2c(NC(=O)c3cc(-c4ncccn4)c(C(F)(F)F)cc3F)n(-c3ccccc3)nc2c1. The van der Waals surface area contributed by atoms with Crippen molar-refractivity contribution < 1.29 is 32.3 Å². The number of carbonyl (C=O) groups is 2. The van der Waals surface area contributed by atoms with Crippen LogP contribution in [-0.4, -0.2) is 36.9 Å². The molecule has 0 aliphatic heterocycles. The number of alkyl halides is 3. The van der Waals surface area contributed by atoms with Crippen LogP contribution in [0.1, 0.15) is 21.5 Å². The van der Waals surface area contributed by atoms with Gasteiger partial charge in [-0.3, -0.25) is 4.79 Å². The fourth-order valence-corrected chi connectivity index (χ4v) is 4.08. The predicted molar refractivity (Wildman–Crippen MR) is 136 cm³/mol. The van der Waals surface area contributed by atoms with Gasteiger partial charge in [0.05, 0.1) is 22.3 Å². The number of hydrogen-bond donors (Lipinski definition) is 3. The van der Waals surface area contributed by atoms with E-state index in [1.165, 1.54) is 23.1 Å². The Hall–Kier alpha value is -5.33. The van der Waals surface area contributed by atoms with Gasteiger partial charge in [0.25, 0.3) is 5.91 Å². The lowest BCUT2D eigenvalue weighted by atomic mass is 10.0. The molecule has 3 aromatic carbocycles. The average molecular weight is 550 g/mol. The third kappa shape index (κ3) is 5.29. The maximum absolute atomic E-state index is 15.0. The minimum atomic E-state index is -4.93. The number of fused-ring (bicyclic) bond motifs is 1. The fourth-order valence-electron chi connectivity index (χ4n) is 4.08. The van der Waals surface area contributed by atoms with E-state index in [1.54, 1.807) is 48.5 Å². The van der Waals surface area contributed by atoms with Crippen molar-refractivity contribution in [1.82, 2.24) is 25.1 Å². The Morgan fingerprint density at radius 3 is 2.35 bits per heavy atom. The lowest BCUT2D eigenvalue weighted by molar-refractivity contribution is -0.137. The second-order valence-corrected chi connectivity index (χ2v) is 8.51. The number of hydrogen-bond acceptors (Lipinski definition) is 5. The molecule has 0 radical (unpaired) electrons. The molecule has 2 amide bonds. The first-order valence-electron chi connectivity index (χ1n) is 11.6. The molecule has 13 heteroatoms. The number of halogens is 4. The Balaban J connectivity index is 1.60. The number of para-hydroxylation sites is 1. The lowest BCUT2D eigenvalue weighted by Crippen LogP contribution is -2.19. The molecule has 3 N–H and O–H groups in total. The van der Waals surface area contributed by atoms with Crippen LogP contribution in [0.2, 0.25) is 0 Å². The van der Waals surface area contributed by atoms with E-state index in [0.29, 0.717) is 22.2 Å². The molecule has 0 atom stereocenters. The number of benzene rings is 3. The van der Waals surface area contributed by atoms with Crippen LogP contribution < -0.4 is 10.6 Å². The van der Waals surface area contributed by atoms with Gasteiger partial charge in [-0.1, -0.05) is 24.3 Å². The number of nitrogens with one attached hydrogen (secondary N) is 2. The topological polar surface area (TPSA) is 122 Å². The Morgan fingerprint density at radius 2 is 1.68 bits per heavy atom. The number of aromatic nitrogens is 4. The molecule has 0 bridgehead atoms. The first kappa shape index (κ1) is 26.3. The van der Waals surface area contributed by atoms with Gasteiger partial charge in [0.1, 0.15) is 11.6 Å². The minimum Gasteiger partial charge on any atom is -0.465 e. The Morgan fingerprint density at radius 1 is 0.950 bits per heavy atom. The van der Waals surface area contributed by atoms with Gasteiger partial charge in [-0.15, -0.1) is 0 Å². The normalized spacial score (nSPS) is 11.4. The van der Waals surface area contributed by atoms with E-state index in [9.17, 15) is 22.8 Å². The van der Waals surface area contributed by atoms with Crippen LogP contribution in [0.25, 0.3) is 28.0 Å². The van der Waals surface area contributed by atoms with Gasteiger partial charge in [0.15, 0.2) is 5.82 Å². The van der Waals surface area contributed by atoms with Gasteiger partial charge in [-0.05, 0) is 48.0 Å². The molecular weight excluding hydrogens is 532 g/mol. The highest BCUT2D eigenvalue weighted by Gasteiger charge is 2.36. The highest BCUT2D eigenvalue weighted by Crippen LogP contribution is 2.38. The molecular formula is C27H18F4N6O3. The largest absolute Gasteiger partial charge is 0.465 e. The fraction of sp³-hybridized carbons (Fsp3) is 0.0741. The van der Waals surface area contributed by atoms with Gasteiger partial charge in [0.2, 0.25) is 0 Å². The highest BCUT2D eigenvalue weighted by atomic mass is 19.4. The van der Waals surface area contributed by atoms with E-state index in [-0.39, 0.29) is 24.3 Å². The predicted octanol–water partition coefficient (Wildman–Crippen LogP) is 5.66. The molecule has 0 aliphatic rings. The summed E-state index contributed by atoms with van der Waals surface area (Å²) in [6.07, 6.45) is -3.67. The molecule has 9 nitrogen and oxygen atoms in total. The highest BCUT2D eigenvalue weighted by molar-refractivity contribution is 6.09. The minimum absolute atomic E-state index is 0.00621. The van der Waals surface area contributed by atoms with Crippen LogP contribution in [0.5, 0.6) is 0 Å². The molecule has 0 saturated heterocycles. The molecule has 5 aromatic rings. The van der Waals surface area contributed by atoms with Crippen LogP contribution in [0.4, 0.5) is 28.2 Å². The van der Waals surface area contributed by atoms with E-state index >= 15 is 4.39 Å². The second-order valence-electron chi connectivity index (χ2n) is 8.51. The number of amides is 2. The summed E-state index contributed by atoms with van der Waals surface area (Å²) >= 11 is 0. The maximum Gasteiger partial charge on any atom is 0.417 e. The third-order valence-corrected chi connectivity index (χ3v) is 5.88. The summed E-state index contributed by atoms with van der Waals surface area (Å²) in [7, 11) is 0. The summed E-state index contributed by atoms with van der Waals surface area (Å²) in [5.41, 5.74) is -1.04. The summed E-state index contributed by atoms with van der Waals surface area (Å²) in [4.78, 5) is 31.9. The zero-order chi connectivity index (χ0) is 28.4. The molecule has 0 aliphatic carbocycles. The first-order chi connectivity index (χ1) is 19.1. The molecule has 0 fully saturated rings. The lowest BCUT2D eigenvalue weighted by Gasteiger charge is -2.15. The van der Waals surface area contributed by atoms with Crippen molar-refractivity contribution >= 4 is 28.7 Å². The van der Waals surface area contributed by atoms with E-state index in [1.807, 2.05) is 0 Å². The molecule has 2 heterocycles. The number of carbonyl (C=O) groups excluding carboxylic acids is 1. The van der Waals surface area contributed by atoms with E-state index in [0.717, 1.165) is 6.07 Å². The van der Waals surface area contributed by atoms with Gasteiger partial charge < -0.3 is 15.7 Å². The molecule has 0 spiro atoms. The van der Waals surface area contributed by atoms with E-state index in [4.69, 9.17) is 5.11 Å².